The van der Waals surface area contributed by atoms with Crippen LogP contribution in [0.15, 0.2) is 53.4 Å². The lowest BCUT2D eigenvalue weighted by molar-refractivity contribution is -0.137. The van der Waals surface area contributed by atoms with E-state index in [0.717, 1.165) is 18.6 Å². The number of piperidine rings is 1. The Balaban J connectivity index is 1.66. The highest BCUT2D eigenvalue weighted by atomic mass is 32.2. The molecule has 1 fully saturated rings. The van der Waals surface area contributed by atoms with Crippen LogP contribution in [-0.2, 0) is 16.2 Å². The Morgan fingerprint density at radius 2 is 1.58 bits per heavy atom. The van der Waals surface area contributed by atoms with Crippen LogP contribution in [0, 0.1) is 11.8 Å². The summed E-state index contributed by atoms with van der Waals surface area (Å²) in [5.41, 5.74) is -0.0696. The average molecular weight is 472 g/mol. The molecule has 0 spiro atoms. The van der Waals surface area contributed by atoms with Crippen molar-refractivity contribution in [1.82, 2.24) is 4.31 Å². The van der Waals surface area contributed by atoms with E-state index in [1.807, 2.05) is 13.8 Å². The Hall–Kier alpha value is -2.17. The van der Waals surface area contributed by atoms with Gasteiger partial charge < -0.3 is 10.6 Å². The zero-order valence-corrected chi connectivity index (χ0v) is 18.7. The number of alkyl halides is 3. The summed E-state index contributed by atoms with van der Waals surface area (Å²) >= 11 is 5.16. The summed E-state index contributed by atoms with van der Waals surface area (Å²) in [6.45, 7) is 5.09. The van der Waals surface area contributed by atoms with E-state index in [4.69, 9.17) is 12.2 Å². The molecule has 0 saturated carbocycles. The number of nitrogens with one attached hydrogen (secondary N) is 2. The summed E-state index contributed by atoms with van der Waals surface area (Å²) in [6, 6.07) is 10.8. The Labute approximate surface area is 185 Å². The van der Waals surface area contributed by atoms with Crippen molar-refractivity contribution < 1.29 is 21.6 Å². The van der Waals surface area contributed by atoms with Gasteiger partial charge in [-0.1, -0.05) is 19.9 Å². The fraction of sp³-hybridized carbons (Fsp3) is 0.381. The summed E-state index contributed by atoms with van der Waals surface area (Å²) in [7, 11) is -3.59. The first kappa shape index (κ1) is 23.5. The van der Waals surface area contributed by atoms with Crippen molar-refractivity contribution in [2.75, 3.05) is 23.7 Å². The van der Waals surface area contributed by atoms with Crippen LogP contribution in [0.25, 0.3) is 0 Å². The third kappa shape index (κ3) is 5.96. The van der Waals surface area contributed by atoms with Gasteiger partial charge in [0.05, 0.1) is 10.5 Å². The molecule has 5 nitrogen and oxygen atoms in total. The van der Waals surface area contributed by atoms with E-state index < -0.39 is 21.8 Å². The van der Waals surface area contributed by atoms with Gasteiger partial charge >= 0.3 is 6.18 Å². The zero-order chi connectivity index (χ0) is 22.8. The summed E-state index contributed by atoms with van der Waals surface area (Å²) in [4.78, 5) is 0.191. The van der Waals surface area contributed by atoms with Crippen molar-refractivity contribution in [3.8, 4) is 0 Å². The van der Waals surface area contributed by atoms with Gasteiger partial charge in [-0.3, -0.25) is 0 Å². The maximum Gasteiger partial charge on any atom is 0.416 e. The van der Waals surface area contributed by atoms with Gasteiger partial charge in [-0.15, -0.1) is 0 Å². The minimum absolute atomic E-state index is 0.0913. The Morgan fingerprint density at radius 1 is 1.00 bits per heavy atom. The van der Waals surface area contributed by atoms with Gasteiger partial charge in [0.15, 0.2) is 5.11 Å². The second-order valence-electron chi connectivity index (χ2n) is 7.95. The van der Waals surface area contributed by atoms with Gasteiger partial charge in [0.25, 0.3) is 0 Å². The van der Waals surface area contributed by atoms with E-state index >= 15 is 0 Å². The number of rotatable bonds is 4. The normalized spacial score (nSPS) is 20.3. The Bertz CT molecular complexity index is 1030. The third-order valence-electron chi connectivity index (χ3n) is 5.03. The molecule has 0 unspecified atom stereocenters. The van der Waals surface area contributed by atoms with E-state index in [-0.39, 0.29) is 15.7 Å². The molecule has 0 amide bonds. The predicted molar refractivity (Wildman–Crippen MR) is 119 cm³/mol. The van der Waals surface area contributed by atoms with Gasteiger partial charge in [0.1, 0.15) is 0 Å². The number of hydrogen-bond donors (Lipinski definition) is 2. The molecule has 0 bridgehead atoms. The number of halogens is 3. The van der Waals surface area contributed by atoms with Crippen molar-refractivity contribution in [2.24, 2.45) is 11.8 Å². The fourth-order valence-corrected chi connectivity index (χ4v) is 5.64. The number of nitrogens with zero attached hydrogens (tertiary/aromatic N) is 1. The first-order chi connectivity index (χ1) is 14.4. The minimum Gasteiger partial charge on any atom is -0.332 e. The monoisotopic (exact) mass is 471 g/mol. The molecule has 3 rings (SSSR count). The smallest absolute Gasteiger partial charge is 0.332 e. The van der Waals surface area contributed by atoms with Crippen molar-refractivity contribution in [1.29, 1.82) is 0 Å². The number of sulfonamides is 1. The summed E-state index contributed by atoms with van der Waals surface area (Å²) in [6.07, 6.45) is -3.44. The number of anilines is 2. The molecule has 1 aliphatic rings. The second kappa shape index (κ2) is 9.13. The van der Waals surface area contributed by atoms with Crippen molar-refractivity contribution in [2.45, 2.75) is 31.3 Å². The third-order valence-corrected chi connectivity index (χ3v) is 7.08. The molecule has 2 atom stereocenters. The van der Waals surface area contributed by atoms with Crippen LogP contribution in [-0.4, -0.2) is 30.9 Å². The maximum atomic E-state index is 12.9. The van der Waals surface area contributed by atoms with E-state index in [9.17, 15) is 21.6 Å². The van der Waals surface area contributed by atoms with Crippen LogP contribution < -0.4 is 10.6 Å². The molecule has 1 aliphatic heterocycles. The molecular formula is C21H24F3N3O2S2. The highest BCUT2D eigenvalue weighted by molar-refractivity contribution is 7.89. The van der Waals surface area contributed by atoms with E-state index in [2.05, 4.69) is 10.6 Å². The number of benzene rings is 2. The van der Waals surface area contributed by atoms with Crippen molar-refractivity contribution in [3.63, 3.8) is 0 Å². The molecule has 1 saturated heterocycles. The largest absolute Gasteiger partial charge is 0.416 e. The standard InChI is InChI=1S/C21H24F3N3O2S2/c1-14-10-15(2)13-27(12-14)31(28,29)19-8-6-17(7-9-19)25-20(30)26-18-5-3-4-16(11-18)21(22,23)24/h3-9,11,14-15H,10,12-13H2,1-2H3,(H2,25,26,30)/t14-,15+. The van der Waals surface area contributed by atoms with E-state index in [1.54, 1.807) is 12.1 Å². The zero-order valence-electron chi connectivity index (χ0n) is 17.1. The quantitative estimate of drug-likeness (QED) is 0.602. The average Bonchev–Trinajstić information content (AvgIpc) is 2.67. The Kier molecular flexibility index (Phi) is 6.92. The Morgan fingerprint density at radius 3 is 2.16 bits per heavy atom. The number of hydrogen-bond acceptors (Lipinski definition) is 3. The lowest BCUT2D eigenvalue weighted by atomic mass is 9.94. The van der Waals surface area contributed by atoms with Crippen LogP contribution in [0.2, 0.25) is 0 Å². The molecule has 0 radical (unpaired) electrons. The van der Waals surface area contributed by atoms with Crippen molar-refractivity contribution >= 4 is 38.7 Å². The van der Waals surface area contributed by atoms with Crippen molar-refractivity contribution in [3.05, 3.63) is 54.1 Å². The van der Waals surface area contributed by atoms with Gasteiger partial charge in [0, 0.05) is 24.5 Å². The van der Waals surface area contributed by atoms with Gasteiger partial charge in [0.2, 0.25) is 10.0 Å². The highest BCUT2D eigenvalue weighted by Gasteiger charge is 2.32. The van der Waals surface area contributed by atoms with Gasteiger partial charge in [-0.05, 0) is 72.9 Å². The predicted octanol–water partition coefficient (Wildman–Crippen LogP) is 5.18. The number of thiocarbonyl (C=S) groups is 1. The summed E-state index contributed by atoms with van der Waals surface area (Å²) in [5, 5.41) is 5.65. The van der Waals surface area contributed by atoms with Crippen LogP contribution >= 0.6 is 12.2 Å². The maximum absolute atomic E-state index is 12.9. The van der Waals surface area contributed by atoms with E-state index in [1.165, 1.54) is 28.6 Å². The van der Waals surface area contributed by atoms with Crippen LogP contribution in [0.4, 0.5) is 24.5 Å². The molecule has 1 heterocycles. The van der Waals surface area contributed by atoms with E-state index in [0.29, 0.717) is 30.6 Å². The van der Waals surface area contributed by atoms with Crippen LogP contribution in [0.5, 0.6) is 0 Å². The summed E-state index contributed by atoms with van der Waals surface area (Å²) in [5.74, 6) is 0.609. The fourth-order valence-electron chi connectivity index (χ4n) is 3.73. The molecule has 0 aliphatic carbocycles. The first-order valence-electron chi connectivity index (χ1n) is 9.80. The molecular weight excluding hydrogens is 447 g/mol. The van der Waals surface area contributed by atoms with Gasteiger partial charge in [-0.2, -0.15) is 17.5 Å². The lowest BCUT2D eigenvalue weighted by Crippen LogP contribution is -2.42. The van der Waals surface area contributed by atoms with Crippen LogP contribution in [0.1, 0.15) is 25.8 Å². The molecule has 10 heteroatoms. The highest BCUT2D eigenvalue weighted by Crippen LogP contribution is 2.31. The molecule has 168 valence electrons. The van der Waals surface area contributed by atoms with Crippen LogP contribution in [0.3, 0.4) is 0 Å². The first-order valence-corrected chi connectivity index (χ1v) is 11.7. The molecule has 0 aromatic heterocycles. The topological polar surface area (TPSA) is 61.4 Å². The van der Waals surface area contributed by atoms with Gasteiger partial charge in [-0.25, -0.2) is 8.42 Å². The molecule has 2 N–H and O–H groups in total. The molecule has 31 heavy (non-hydrogen) atoms. The second-order valence-corrected chi connectivity index (χ2v) is 10.3. The molecule has 2 aromatic carbocycles. The SMILES string of the molecule is C[C@@H]1C[C@H](C)CN(S(=O)(=O)c2ccc(NC(=S)Nc3cccc(C(F)(F)F)c3)cc2)C1. The minimum atomic E-state index is -4.45. The molecule has 2 aromatic rings. The summed E-state index contributed by atoms with van der Waals surface area (Å²) < 4.78 is 65.9. The lowest BCUT2D eigenvalue weighted by Gasteiger charge is -2.34.